The van der Waals surface area contributed by atoms with Crippen LogP contribution in [0.2, 0.25) is 0 Å². The number of carbonyl (C=O) groups is 1. The zero-order valence-corrected chi connectivity index (χ0v) is 16.6. The molecule has 2 aromatic carbocycles. The van der Waals surface area contributed by atoms with Gasteiger partial charge in [0.2, 0.25) is 0 Å². The normalized spacial score (nSPS) is 11.4. The standard InChI is InChI=1S/C20H23N3O4S/c1-3-27-16-10-8-15(9-11-16)23-20(24)21-12-13-28(25,26)19-14(2)22-18-7-5-4-6-17(18)19/h4-11,22H,3,12-13H2,1-2H3,(H2,21,23,24). The highest BCUT2D eigenvalue weighted by Crippen LogP contribution is 2.27. The second kappa shape index (κ2) is 8.35. The van der Waals surface area contributed by atoms with E-state index < -0.39 is 15.9 Å². The van der Waals surface area contributed by atoms with Crippen molar-refractivity contribution < 1.29 is 17.9 Å². The zero-order valence-electron chi connectivity index (χ0n) is 15.8. The molecule has 148 valence electrons. The lowest BCUT2D eigenvalue weighted by Crippen LogP contribution is -2.32. The van der Waals surface area contributed by atoms with Crippen LogP contribution in [0, 0.1) is 6.92 Å². The van der Waals surface area contributed by atoms with Gasteiger partial charge < -0.3 is 20.4 Å². The Balaban J connectivity index is 1.59. The Morgan fingerprint density at radius 3 is 2.54 bits per heavy atom. The summed E-state index contributed by atoms with van der Waals surface area (Å²) in [4.78, 5) is 15.4. The van der Waals surface area contributed by atoms with Crippen LogP contribution < -0.4 is 15.4 Å². The molecule has 0 radical (unpaired) electrons. The number of benzene rings is 2. The lowest BCUT2D eigenvalue weighted by Gasteiger charge is -2.09. The van der Waals surface area contributed by atoms with Crippen molar-refractivity contribution in [1.29, 1.82) is 0 Å². The quantitative estimate of drug-likeness (QED) is 0.564. The molecule has 0 fully saturated rings. The predicted octanol–water partition coefficient (Wildman–Crippen LogP) is 3.47. The molecule has 8 heteroatoms. The lowest BCUT2D eigenvalue weighted by molar-refractivity contribution is 0.252. The Morgan fingerprint density at radius 1 is 1.11 bits per heavy atom. The second-order valence-electron chi connectivity index (χ2n) is 6.28. The third-order valence-corrected chi connectivity index (χ3v) is 6.11. The Bertz CT molecular complexity index is 1070. The lowest BCUT2D eigenvalue weighted by atomic mass is 10.2. The number of rotatable bonds is 7. The average molecular weight is 401 g/mol. The molecule has 0 spiro atoms. The van der Waals surface area contributed by atoms with Gasteiger partial charge in [0, 0.05) is 28.8 Å². The van der Waals surface area contributed by atoms with Gasteiger partial charge in [-0.25, -0.2) is 13.2 Å². The highest BCUT2D eigenvalue weighted by atomic mass is 32.2. The molecule has 3 rings (SSSR count). The third kappa shape index (κ3) is 4.45. The molecule has 2 amide bonds. The summed E-state index contributed by atoms with van der Waals surface area (Å²) in [6.45, 7) is 4.20. The van der Waals surface area contributed by atoms with Crippen molar-refractivity contribution in [3.8, 4) is 5.75 Å². The summed E-state index contributed by atoms with van der Waals surface area (Å²) in [6.07, 6.45) is 0. The van der Waals surface area contributed by atoms with E-state index in [1.165, 1.54) is 0 Å². The SMILES string of the molecule is CCOc1ccc(NC(=O)NCCS(=O)(=O)c2c(C)[nH]c3ccccc23)cc1. The Morgan fingerprint density at radius 2 is 1.82 bits per heavy atom. The van der Waals surface area contributed by atoms with E-state index in [0.29, 0.717) is 29.1 Å². The maximum Gasteiger partial charge on any atom is 0.319 e. The number of amides is 2. The van der Waals surface area contributed by atoms with Crippen LogP contribution in [-0.4, -0.2) is 38.3 Å². The van der Waals surface area contributed by atoms with Gasteiger partial charge in [0.05, 0.1) is 17.3 Å². The van der Waals surface area contributed by atoms with Crippen molar-refractivity contribution in [3.63, 3.8) is 0 Å². The van der Waals surface area contributed by atoms with E-state index in [9.17, 15) is 13.2 Å². The number of fused-ring (bicyclic) bond motifs is 1. The van der Waals surface area contributed by atoms with Crippen molar-refractivity contribution in [2.24, 2.45) is 0 Å². The van der Waals surface area contributed by atoms with E-state index in [2.05, 4.69) is 15.6 Å². The fourth-order valence-corrected chi connectivity index (χ4v) is 4.63. The first-order valence-corrected chi connectivity index (χ1v) is 10.6. The molecule has 7 nitrogen and oxygen atoms in total. The first-order valence-electron chi connectivity index (χ1n) is 8.98. The van der Waals surface area contributed by atoms with Crippen molar-refractivity contribution in [2.45, 2.75) is 18.7 Å². The largest absolute Gasteiger partial charge is 0.494 e. The summed E-state index contributed by atoms with van der Waals surface area (Å²) in [5.41, 5.74) is 1.97. The minimum atomic E-state index is -3.54. The number of hydrogen-bond acceptors (Lipinski definition) is 4. The highest BCUT2D eigenvalue weighted by Gasteiger charge is 2.22. The van der Waals surface area contributed by atoms with E-state index in [0.717, 1.165) is 5.52 Å². The number of para-hydroxylation sites is 1. The molecular formula is C20H23N3O4S. The van der Waals surface area contributed by atoms with Crippen LogP contribution in [-0.2, 0) is 9.84 Å². The average Bonchev–Trinajstić information content (AvgIpc) is 3.00. The first-order chi connectivity index (χ1) is 13.4. The molecule has 3 aromatic rings. The smallest absolute Gasteiger partial charge is 0.319 e. The summed E-state index contributed by atoms with van der Waals surface area (Å²) in [7, 11) is -3.54. The monoisotopic (exact) mass is 401 g/mol. The number of sulfone groups is 1. The van der Waals surface area contributed by atoms with Crippen LogP contribution in [0.4, 0.5) is 10.5 Å². The molecule has 0 atom stereocenters. The Hall–Kier alpha value is -3.00. The Kier molecular flexibility index (Phi) is 5.89. The van der Waals surface area contributed by atoms with E-state index in [4.69, 9.17) is 4.74 Å². The second-order valence-corrected chi connectivity index (χ2v) is 8.33. The number of ether oxygens (including phenoxy) is 1. The first kappa shape index (κ1) is 19.8. The van der Waals surface area contributed by atoms with Gasteiger partial charge in [0.25, 0.3) is 0 Å². The molecular weight excluding hydrogens is 378 g/mol. The summed E-state index contributed by atoms with van der Waals surface area (Å²) in [5.74, 6) is 0.528. The number of aromatic amines is 1. The van der Waals surface area contributed by atoms with Gasteiger partial charge in [0.1, 0.15) is 5.75 Å². The van der Waals surface area contributed by atoms with Crippen molar-refractivity contribution >= 4 is 32.5 Å². The summed E-state index contributed by atoms with van der Waals surface area (Å²) in [5, 5.41) is 5.92. The summed E-state index contributed by atoms with van der Waals surface area (Å²) >= 11 is 0. The zero-order chi connectivity index (χ0) is 20.1. The molecule has 3 N–H and O–H groups in total. The number of aromatic nitrogens is 1. The topological polar surface area (TPSA) is 100 Å². The van der Waals surface area contributed by atoms with E-state index in [1.807, 2.05) is 19.1 Å². The van der Waals surface area contributed by atoms with Gasteiger partial charge in [-0.05, 0) is 44.2 Å². The fourth-order valence-electron chi connectivity index (χ4n) is 3.03. The number of urea groups is 1. The highest BCUT2D eigenvalue weighted by molar-refractivity contribution is 7.91. The van der Waals surface area contributed by atoms with E-state index in [-0.39, 0.29) is 17.2 Å². The molecule has 0 saturated heterocycles. The molecule has 1 aromatic heterocycles. The van der Waals surface area contributed by atoms with Crippen molar-refractivity contribution in [2.75, 3.05) is 24.2 Å². The number of aryl methyl sites for hydroxylation is 1. The number of anilines is 1. The predicted molar refractivity (Wildman–Crippen MR) is 110 cm³/mol. The number of H-pyrrole nitrogens is 1. The maximum absolute atomic E-state index is 12.8. The minimum Gasteiger partial charge on any atom is -0.494 e. The van der Waals surface area contributed by atoms with Gasteiger partial charge in [-0.15, -0.1) is 0 Å². The molecule has 1 heterocycles. The molecule has 28 heavy (non-hydrogen) atoms. The minimum absolute atomic E-state index is 0.00411. The molecule has 0 unspecified atom stereocenters. The molecule has 0 aliphatic carbocycles. The summed E-state index contributed by atoms with van der Waals surface area (Å²) < 4.78 is 30.9. The molecule has 0 bridgehead atoms. The van der Waals surface area contributed by atoms with Gasteiger partial charge in [-0.1, -0.05) is 18.2 Å². The molecule has 0 saturated carbocycles. The van der Waals surface area contributed by atoms with Gasteiger partial charge >= 0.3 is 6.03 Å². The number of carbonyl (C=O) groups excluding carboxylic acids is 1. The van der Waals surface area contributed by atoms with Crippen LogP contribution in [0.25, 0.3) is 10.9 Å². The van der Waals surface area contributed by atoms with Crippen LogP contribution in [0.5, 0.6) is 5.75 Å². The van der Waals surface area contributed by atoms with E-state index in [1.54, 1.807) is 43.3 Å². The fraction of sp³-hybridized carbons (Fsp3) is 0.250. The van der Waals surface area contributed by atoms with Crippen molar-refractivity contribution in [1.82, 2.24) is 10.3 Å². The van der Waals surface area contributed by atoms with Crippen LogP contribution >= 0.6 is 0 Å². The van der Waals surface area contributed by atoms with E-state index >= 15 is 0 Å². The third-order valence-electron chi connectivity index (χ3n) is 4.22. The Labute approximate surface area is 164 Å². The van der Waals surface area contributed by atoms with Gasteiger partial charge in [-0.3, -0.25) is 0 Å². The van der Waals surface area contributed by atoms with Gasteiger partial charge in [0.15, 0.2) is 9.84 Å². The summed E-state index contributed by atoms with van der Waals surface area (Å²) in [6, 6.07) is 13.7. The van der Waals surface area contributed by atoms with Crippen LogP contribution in [0.1, 0.15) is 12.6 Å². The maximum atomic E-state index is 12.8. The van der Waals surface area contributed by atoms with Crippen LogP contribution in [0.3, 0.4) is 0 Å². The number of nitrogens with one attached hydrogen (secondary N) is 3. The van der Waals surface area contributed by atoms with Gasteiger partial charge in [-0.2, -0.15) is 0 Å². The molecule has 0 aliphatic rings. The van der Waals surface area contributed by atoms with Crippen molar-refractivity contribution in [3.05, 3.63) is 54.2 Å². The van der Waals surface area contributed by atoms with Crippen LogP contribution in [0.15, 0.2) is 53.4 Å². The molecule has 0 aliphatic heterocycles. The number of hydrogen-bond donors (Lipinski definition) is 3.